The van der Waals surface area contributed by atoms with Crippen LogP contribution in [0.15, 0.2) is 158 Å². The third-order valence-corrected chi connectivity index (χ3v) is 8.46. The number of hydrogen-bond donors (Lipinski definition) is 0. The summed E-state index contributed by atoms with van der Waals surface area (Å²) in [6.45, 7) is 0. The second-order valence-electron chi connectivity index (χ2n) is 11.4. The van der Waals surface area contributed by atoms with E-state index in [0.29, 0.717) is 17.5 Å². The van der Waals surface area contributed by atoms with Gasteiger partial charge in [0.2, 0.25) is 0 Å². The number of hydrogen-bond acceptors (Lipinski definition) is 5. The van der Waals surface area contributed by atoms with Crippen molar-refractivity contribution in [3.63, 3.8) is 0 Å². The fraction of sp³-hybridized carbons (Fsp3) is 0. The van der Waals surface area contributed by atoms with Crippen molar-refractivity contribution in [2.45, 2.75) is 0 Å². The molecule has 47 heavy (non-hydrogen) atoms. The van der Waals surface area contributed by atoms with Crippen molar-refractivity contribution in [2.75, 3.05) is 0 Å². The summed E-state index contributed by atoms with van der Waals surface area (Å²) in [7, 11) is 0. The lowest BCUT2D eigenvalue weighted by Gasteiger charge is -2.11. The molecule has 4 heterocycles. The molecular formula is C41H26N6. The summed E-state index contributed by atoms with van der Waals surface area (Å²) in [6.07, 6.45) is 2.04. The van der Waals surface area contributed by atoms with Gasteiger partial charge in [0, 0.05) is 33.8 Å². The van der Waals surface area contributed by atoms with Crippen molar-refractivity contribution >= 4 is 27.6 Å². The summed E-state index contributed by atoms with van der Waals surface area (Å²) in [6, 6.07) is 51.3. The third-order valence-electron chi connectivity index (χ3n) is 8.46. The Kier molecular flexibility index (Phi) is 6.35. The average Bonchev–Trinajstić information content (AvgIpc) is 3.55. The molecule has 6 nitrogen and oxygen atoms in total. The van der Waals surface area contributed by atoms with Crippen LogP contribution in [0.2, 0.25) is 0 Å². The summed E-state index contributed by atoms with van der Waals surface area (Å²) in [4.78, 5) is 25.2. The van der Waals surface area contributed by atoms with Crippen molar-refractivity contribution < 1.29 is 0 Å². The molecule has 5 aromatic carbocycles. The van der Waals surface area contributed by atoms with Crippen LogP contribution in [-0.4, -0.2) is 29.3 Å². The first-order valence-corrected chi connectivity index (χ1v) is 15.5. The maximum absolute atomic E-state index is 5.18. The predicted molar refractivity (Wildman–Crippen MR) is 189 cm³/mol. The van der Waals surface area contributed by atoms with Crippen molar-refractivity contribution in [2.24, 2.45) is 0 Å². The second kappa shape index (κ2) is 11.1. The standard InChI is InChI=1S/C41H26N6/c1-3-12-27(13-4-1)28-21-23-30(24-22-28)40-44-39(29-14-5-2-6-15-29)45-41(46-40)32-17-11-16-31(26-32)36-38-37(33-18-7-8-19-34(33)42-36)43-35-20-9-10-25-47(35)38/h1-26H. The van der Waals surface area contributed by atoms with Crippen LogP contribution in [0.5, 0.6) is 0 Å². The van der Waals surface area contributed by atoms with Crippen LogP contribution >= 0.6 is 0 Å². The average molecular weight is 603 g/mol. The second-order valence-corrected chi connectivity index (χ2v) is 11.4. The van der Waals surface area contributed by atoms with Gasteiger partial charge in [-0.15, -0.1) is 0 Å². The number of pyridine rings is 2. The van der Waals surface area contributed by atoms with Crippen molar-refractivity contribution in [1.29, 1.82) is 0 Å². The zero-order chi connectivity index (χ0) is 31.2. The highest BCUT2D eigenvalue weighted by Gasteiger charge is 2.18. The quantitative estimate of drug-likeness (QED) is 0.196. The van der Waals surface area contributed by atoms with E-state index >= 15 is 0 Å². The highest BCUT2D eigenvalue weighted by atomic mass is 15.0. The number of nitrogens with zero attached hydrogens (tertiary/aromatic N) is 6. The van der Waals surface area contributed by atoms with Crippen LogP contribution in [-0.2, 0) is 0 Å². The van der Waals surface area contributed by atoms with Crippen LogP contribution in [0.3, 0.4) is 0 Å². The van der Waals surface area contributed by atoms with Crippen molar-refractivity contribution in [3.8, 4) is 56.5 Å². The van der Waals surface area contributed by atoms with E-state index in [1.807, 2.05) is 91.1 Å². The Bertz CT molecular complexity index is 2560. The van der Waals surface area contributed by atoms with E-state index in [2.05, 4.69) is 71.1 Å². The highest BCUT2D eigenvalue weighted by molar-refractivity contribution is 6.09. The maximum Gasteiger partial charge on any atom is 0.164 e. The molecule has 4 aromatic heterocycles. The smallest absolute Gasteiger partial charge is 0.164 e. The Hall–Kier alpha value is -6.53. The highest BCUT2D eigenvalue weighted by Crippen LogP contribution is 2.35. The van der Waals surface area contributed by atoms with Crippen molar-refractivity contribution in [1.82, 2.24) is 29.3 Å². The Morgan fingerprint density at radius 3 is 1.70 bits per heavy atom. The molecule has 0 amide bonds. The summed E-state index contributed by atoms with van der Waals surface area (Å²) in [5.41, 5.74) is 10.5. The van der Waals surface area contributed by atoms with E-state index in [1.165, 1.54) is 5.56 Å². The van der Waals surface area contributed by atoms with E-state index in [9.17, 15) is 0 Å². The van der Waals surface area contributed by atoms with Gasteiger partial charge < -0.3 is 0 Å². The third kappa shape index (κ3) is 4.80. The molecule has 0 aliphatic rings. The number of para-hydroxylation sites is 1. The van der Waals surface area contributed by atoms with E-state index < -0.39 is 0 Å². The minimum absolute atomic E-state index is 0.595. The minimum Gasteiger partial charge on any atom is -0.298 e. The first-order valence-electron chi connectivity index (χ1n) is 15.5. The van der Waals surface area contributed by atoms with E-state index in [4.69, 9.17) is 24.9 Å². The molecule has 0 bridgehead atoms. The predicted octanol–water partition coefficient (Wildman–Crippen LogP) is 9.56. The summed E-state index contributed by atoms with van der Waals surface area (Å²) < 4.78 is 2.12. The molecule has 0 aliphatic carbocycles. The monoisotopic (exact) mass is 602 g/mol. The summed E-state index contributed by atoms with van der Waals surface area (Å²) >= 11 is 0. The lowest BCUT2D eigenvalue weighted by Crippen LogP contribution is -2.00. The molecule has 0 saturated carbocycles. The van der Waals surface area contributed by atoms with Gasteiger partial charge in [0.05, 0.1) is 16.7 Å². The van der Waals surface area contributed by atoms with Crippen LogP contribution in [0.1, 0.15) is 0 Å². The molecule has 9 rings (SSSR count). The zero-order valence-electron chi connectivity index (χ0n) is 25.2. The van der Waals surface area contributed by atoms with Crippen molar-refractivity contribution in [3.05, 3.63) is 158 Å². The zero-order valence-corrected chi connectivity index (χ0v) is 25.2. The SMILES string of the molecule is c1ccc(-c2ccc(-c3nc(-c4ccccc4)nc(-c4cccc(-c5nc6ccccc6c6nc7ccccn7c56)c4)n3)cc2)cc1. The number of fused-ring (bicyclic) bond motifs is 5. The van der Waals surface area contributed by atoms with Crippen LogP contribution in [0.4, 0.5) is 0 Å². The molecule has 0 radical (unpaired) electrons. The molecule has 0 aliphatic heterocycles. The topological polar surface area (TPSA) is 68.9 Å². The lowest BCUT2D eigenvalue weighted by molar-refractivity contribution is 1.07. The summed E-state index contributed by atoms with van der Waals surface area (Å²) in [5, 5.41) is 1.03. The Balaban J connectivity index is 1.21. The Morgan fingerprint density at radius 1 is 0.383 bits per heavy atom. The molecule has 0 fully saturated rings. The summed E-state index contributed by atoms with van der Waals surface area (Å²) in [5.74, 6) is 1.83. The van der Waals surface area contributed by atoms with Gasteiger partial charge in [-0.1, -0.05) is 127 Å². The molecule has 0 atom stereocenters. The van der Waals surface area contributed by atoms with Gasteiger partial charge in [-0.25, -0.2) is 24.9 Å². The molecular weight excluding hydrogens is 576 g/mol. The minimum atomic E-state index is 0.595. The van der Waals surface area contributed by atoms with Gasteiger partial charge in [-0.3, -0.25) is 4.40 Å². The van der Waals surface area contributed by atoms with Gasteiger partial charge in [0.1, 0.15) is 11.2 Å². The van der Waals surface area contributed by atoms with Crippen LogP contribution in [0, 0.1) is 0 Å². The maximum atomic E-state index is 5.18. The van der Waals surface area contributed by atoms with Gasteiger partial charge >= 0.3 is 0 Å². The molecule has 220 valence electrons. The fourth-order valence-corrected chi connectivity index (χ4v) is 6.15. The number of aromatic nitrogens is 6. The van der Waals surface area contributed by atoms with E-state index in [1.54, 1.807) is 0 Å². The first-order chi connectivity index (χ1) is 23.3. The number of benzene rings is 5. The molecule has 0 unspecified atom stereocenters. The van der Waals surface area contributed by atoms with Gasteiger partial charge in [-0.2, -0.15) is 0 Å². The first kappa shape index (κ1) is 26.8. The number of imidazole rings is 1. The lowest BCUT2D eigenvalue weighted by atomic mass is 10.0. The molecule has 0 spiro atoms. The molecule has 0 N–H and O–H groups in total. The van der Waals surface area contributed by atoms with Gasteiger partial charge in [0.15, 0.2) is 17.5 Å². The van der Waals surface area contributed by atoms with Gasteiger partial charge in [-0.05, 0) is 35.4 Å². The Labute approximate surface area is 270 Å². The van der Waals surface area contributed by atoms with Crippen LogP contribution < -0.4 is 0 Å². The van der Waals surface area contributed by atoms with E-state index in [0.717, 1.165) is 61.1 Å². The Morgan fingerprint density at radius 2 is 0.936 bits per heavy atom. The van der Waals surface area contributed by atoms with Crippen LogP contribution in [0.25, 0.3) is 84.1 Å². The normalized spacial score (nSPS) is 11.4. The molecule has 6 heteroatoms. The molecule has 9 aromatic rings. The fourth-order valence-electron chi connectivity index (χ4n) is 6.15. The molecule has 0 saturated heterocycles. The number of rotatable bonds is 5. The largest absolute Gasteiger partial charge is 0.298 e. The van der Waals surface area contributed by atoms with E-state index in [-0.39, 0.29) is 0 Å². The van der Waals surface area contributed by atoms with Gasteiger partial charge in [0.25, 0.3) is 0 Å².